The summed E-state index contributed by atoms with van der Waals surface area (Å²) in [5.74, 6) is 2.20. The molecule has 4 aliphatic rings. The predicted molar refractivity (Wildman–Crippen MR) is 106 cm³/mol. The number of hydrogen-bond acceptors (Lipinski definition) is 3. The molecule has 150 valence electrons. The van der Waals surface area contributed by atoms with Gasteiger partial charge in [-0.05, 0) is 80.5 Å². The molecule has 0 aromatic rings. The minimum absolute atomic E-state index is 0.0437. The van der Waals surface area contributed by atoms with Crippen LogP contribution in [0.3, 0.4) is 0 Å². The Balaban J connectivity index is 1.74. The van der Waals surface area contributed by atoms with Gasteiger partial charge in [-0.1, -0.05) is 26.0 Å². The molecule has 0 heterocycles. The van der Waals surface area contributed by atoms with E-state index in [1.165, 1.54) is 12.8 Å². The van der Waals surface area contributed by atoms with Crippen LogP contribution >= 0.6 is 11.6 Å². The summed E-state index contributed by atoms with van der Waals surface area (Å²) >= 11 is 5.80. The van der Waals surface area contributed by atoms with Crippen molar-refractivity contribution in [1.82, 2.24) is 0 Å². The van der Waals surface area contributed by atoms with Gasteiger partial charge in [0.1, 0.15) is 17.8 Å². The van der Waals surface area contributed by atoms with Gasteiger partial charge in [-0.25, -0.2) is 0 Å². The third-order valence-corrected chi connectivity index (χ3v) is 9.22. The molecule has 3 nitrogen and oxygen atoms in total. The fourth-order valence-electron chi connectivity index (χ4n) is 7.91. The second-order valence-corrected chi connectivity index (χ2v) is 10.4. The van der Waals surface area contributed by atoms with E-state index < -0.39 is 0 Å². The third-order valence-electron chi connectivity index (χ3n) is 9.00. The first kappa shape index (κ1) is 19.5. The highest BCUT2D eigenvalue weighted by molar-refractivity contribution is 6.26. The SMILES string of the molecule is CC(=O)[C@H]1CC[C@H]2[C@@H]3CC[C@H]4CC=CC[C@]4(C)[C@H]3[C@@H](OC(=O)CCl)C[C@]12C. The molecule has 0 aliphatic heterocycles. The normalized spacial score (nSPS) is 48.3. The van der Waals surface area contributed by atoms with Crippen LogP contribution in [-0.2, 0) is 14.3 Å². The number of ketones is 1. The molecule has 0 aromatic heterocycles. The molecule has 4 aliphatic carbocycles. The lowest BCUT2D eigenvalue weighted by atomic mass is 9.44. The van der Waals surface area contributed by atoms with Crippen molar-refractivity contribution in [1.29, 1.82) is 0 Å². The summed E-state index contributed by atoms with van der Waals surface area (Å²) in [6.45, 7) is 6.47. The minimum Gasteiger partial charge on any atom is -0.461 e. The number of alkyl halides is 1. The molecule has 4 heteroatoms. The molecule has 27 heavy (non-hydrogen) atoms. The first-order valence-corrected chi connectivity index (χ1v) is 11.3. The van der Waals surface area contributed by atoms with E-state index in [2.05, 4.69) is 26.0 Å². The smallest absolute Gasteiger partial charge is 0.321 e. The Morgan fingerprint density at radius 2 is 1.89 bits per heavy atom. The lowest BCUT2D eigenvalue weighted by Crippen LogP contribution is -2.59. The zero-order chi connectivity index (χ0) is 19.4. The Kier molecular flexibility index (Phi) is 4.98. The first-order valence-electron chi connectivity index (χ1n) is 10.7. The van der Waals surface area contributed by atoms with Crippen molar-refractivity contribution < 1.29 is 14.3 Å². The number of fused-ring (bicyclic) bond motifs is 5. The topological polar surface area (TPSA) is 43.4 Å². The summed E-state index contributed by atoms with van der Waals surface area (Å²) in [6, 6.07) is 0. The zero-order valence-electron chi connectivity index (χ0n) is 16.9. The van der Waals surface area contributed by atoms with Crippen LogP contribution < -0.4 is 0 Å². The van der Waals surface area contributed by atoms with E-state index in [1.54, 1.807) is 6.92 Å². The molecule has 0 saturated heterocycles. The Labute approximate surface area is 168 Å². The van der Waals surface area contributed by atoms with Gasteiger partial charge in [0.05, 0.1) is 0 Å². The monoisotopic (exact) mass is 392 g/mol. The number of carbonyl (C=O) groups is 2. The van der Waals surface area contributed by atoms with Crippen LogP contribution in [0.1, 0.15) is 65.7 Å². The van der Waals surface area contributed by atoms with Crippen LogP contribution in [0.5, 0.6) is 0 Å². The molecule has 0 aromatic carbocycles. The van der Waals surface area contributed by atoms with Crippen molar-refractivity contribution in [2.75, 3.05) is 5.88 Å². The Hall–Kier alpha value is -0.830. The Morgan fingerprint density at radius 3 is 2.59 bits per heavy atom. The van der Waals surface area contributed by atoms with Gasteiger partial charge in [0, 0.05) is 11.8 Å². The molecular formula is C23H33ClO3. The second kappa shape index (κ2) is 6.90. The Bertz CT molecular complexity index is 658. The number of esters is 1. The van der Waals surface area contributed by atoms with Gasteiger partial charge < -0.3 is 4.74 Å². The fourth-order valence-corrected chi connectivity index (χ4v) is 7.97. The van der Waals surface area contributed by atoms with E-state index in [0.717, 1.165) is 32.1 Å². The van der Waals surface area contributed by atoms with Gasteiger partial charge >= 0.3 is 5.97 Å². The van der Waals surface area contributed by atoms with Gasteiger partial charge in [0.15, 0.2) is 0 Å². The van der Waals surface area contributed by atoms with Crippen LogP contribution in [0.25, 0.3) is 0 Å². The molecule has 0 N–H and O–H groups in total. The number of rotatable bonds is 3. The van der Waals surface area contributed by atoms with E-state index in [0.29, 0.717) is 29.5 Å². The minimum atomic E-state index is -0.308. The quantitative estimate of drug-likeness (QED) is 0.378. The maximum Gasteiger partial charge on any atom is 0.321 e. The van der Waals surface area contributed by atoms with Crippen molar-refractivity contribution >= 4 is 23.4 Å². The summed E-state index contributed by atoms with van der Waals surface area (Å²) in [5.41, 5.74) is 0.141. The van der Waals surface area contributed by atoms with Gasteiger partial charge in [0.25, 0.3) is 0 Å². The standard InChI is InChI=1S/C23H33ClO3/c1-14(25)17-9-10-18-16-8-7-15-6-4-5-11-22(15,2)21(16)19(12-23(17,18)3)27-20(26)13-24/h4-5,15-19,21H,6-13H2,1-3H3/t15-,16+,17-,18+,19+,21-,22+,23-/m1/s1. The van der Waals surface area contributed by atoms with Gasteiger partial charge in [-0.2, -0.15) is 0 Å². The molecule has 3 saturated carbocycles. The molecule has 3 fully saturated rings. The summed E-state index contributed by atoms with van der Waals surface area (Å²) in [4.78, 5) is 24.6. The molecule has 4 rings (SSSR count). The summed E-state index contributed by atoms with van der Waals surface area (Å²) in [5, 5.41) is 0. The van der Waals surface area contributed by atoms with E-state index in [4.69, 9.17) is 16.3 Å². The van der Waals surface area contributed by atoms with E-state index >= 15 is 0 Å². The molecular weight excluding hydrogens is 360 g/mol. The molecule has 0 spiro atoms. The van der Waals surface area contributed by atoms with E-state index in [9.17, 15) is 9.59 Å². The Morgan fingerprint density at radius 1 is 1.11 bits per heavy atom. The van der Waals surface area contributed by atoms with Gasteiger partial charge in [0.2, 0.25) is 0 Å². The largest absolute Gasteiger partial charge is 0.461 e. The van der Waals surface area contributed by atoms with Crippen molar-refractivity contribution in [3.05, 3.63) is 12.2 Å². The average Bonchev–Trinajstić information content (AvgIpc) is 2.97. The van der Waals surface area contributed by atoms with Crippen LogP contribution in [0.4, 0.5) is 0 Å². The summed E-state index contributed by atoms with van der Waals surface area (Å²) in [6.07, 6.45) is 12.2. The van der Waals surface area contributed by atoms with Crippen molar-refractivity contribution in [3.63, 3.8) is 0 Å². The highest BCUT2D eigenvalue weighted by Crippen LogP contribution is 2.67. The van der Waals surface area contributed by atoms with Crippen LogP contribution in [-0.4, -0.2) is 23.7 Å². The van der Waals surface area contributed by atoms with Crippen LogP contribution in [0, 0.1) is 40.4 Å². The third kappa shape index (κ3) is 2.91. The van der Waals surface area contributed by atoms with E-state index in [-0.39, 0.29) is 34.7 Å². The maximum atomic E-state index is 12.4. The second-order valence-electron chi connectivity index (χ2n) is 10.1. The molecule has 0 unspecified atom stereocenters. The maximum absolute atomic E-state index is 12.4. The number of hydrogen-bond donors (Lipinski definition) is 0. The van der Waals surface area contributed by atoms with Crippen molar-refractivity contribution in [3.8, 4) is 0 Å². The van der Waals surface area contributed by atoms with Crippen molar-refractivity contribution in [2.45, 2.75) is 71.8 Å². The number of halogens is 1. The lowest BCUT2D eigenvalue weighted by Gasteiger charge is -2.61. The highest BCUT2D eigenvalue weighted by Gasteiger charge is 2.64. The summed E-state index contributed by atoms with van der Waals surface area (Å²) < 4.78 is 6.02. The summed E-state index contributed by atoms with van der Waals surface area (Å²) in [7, 11) is 0. The van der Waals surface area contributed by atoms with Crippen LogP contribution in [0.15, 0.2) is 12.2 Å². The number of Topliss-reactive ketones (excluding diaryl/α,β-unsaturated/α-hetero) is 1. The molecule has 0 bridgehead atoms. The number of carbonyl (C=O) groups excluding carboxylic acids is 2. The molecule has 0 amide bonds. The highest BCUT2D eigenvalue weighted by atomic mass is 35.5. The average molecular weight is 393 g/mol. The van der Waals surface area contributed by atoms with Crippen molar-refractivity contribution in [2.24, 2.45) is 40.4 Å². The van der Waals surface area contributed by atoms with Gasteiger partial charge in [-0.3, -0.25) is 9.59 Å². The lowest BCUT2D eigenvalue weighted by molar-refractivity contribution is -0.188. The predicted octanol–water partition coefficient (Wildman–Crippen LogP) is 5.16. The molecule has 0 radical (unpaired) electrons. The zero-order valence-corrected chi connectivity index (χ0v) is 17.6. The first-order chi connectivity index (χ1) is 12.8. The number of allylic oxidation sites excluding steroid dienone is 2. The molecule has 8 atom stereocenters. The van der Waals surface area contributed by atoms with Gasteiger partial charge in [-0.15, -0.1) is 11.6 Å². The fraction of sp³-hybridized carbons (Fsp3) is 0.826. The van der Waals surface area contributed by atoms with Crippen LogP contribution in [0.2, 0.25) is 0 Å². The number of ether oxygens (including phenoxy) is 1. The van der Waals surface area contributed by atoms with E-state index in [1.807, 2.05) is 0 Å².